The lowest BCUT2D eigenvalue weighted by atomic mass is 9.92. The van der Waals surface area contributed by atoms with Gasteiger partial charge in [0.25, 0.3) is 5.91 Å². The number of amides is 2. The highest BCUT2D eigenvalue weighted by atomic mass is 16.2. The molecule has 1 saturated carbocycles. The number of nitrogens with zero attached hydrogens (tertiary/aromatic N) is 2. The van der Waals surface area contributed by atoms with Gasteiger partial charge in [-0.3, -0.25) is 9.59 Å². The Labute approximate surface area is 162 Å². The summed E-state index contributed by atoms with van der Waals surface area (Å²) < 4.78 is 0. The second-order valence-corrected chi connectivity index (χ2v) is 8.37. The standard InChI is InChI=1S/C22H31N3O2/c26-21-16-24(12-13-25(21)20-5-1-2-6-20)22(27)19-9-7-17(8-10-19)14-18-4-3-11-23-15-18/h7-10,18,20,23H,1-6,11-16H2/t18-/m0/s1. The van der Waals surface area contributed by atoms with Crippen molar-refractivity contribution in [2.75, 3.05) is 32.7 Å². The lowest BCUT2D eigenvalue weighted by molar-refractivity contribution is -0.137. The van der Waals surface area contributed by atoms with Gasteiger partial charge in [0.1, 0.15) is 6.54 Å². The molecule has 2 aliphatic heterocycles. The summed E-state index contributed by atoms with van der Waals surface area (Å²) in [6.45, 7) is 3.79. The van der Waals surface area contributed by atoms with Crippen LogP contribution in [-0.2, 0) is 11.2 Å². The normalized spacial score (nSPS) is 24.4. The predicted molar refractivity (Wildman–Crippen MR) is 106 cm³/mol. The molecule has 1 atom stereocenters. The van der Waals surface area contributed by atoms with Crippen LogP contribution in [0.3, 0.4) is 0 Å². The monoisotopic (exact) mass is 369 g/mol. The molecule has 1 aromatic rings. The third-order valence-corrected chi connectivity index (χ3v) is 6.43. The Bertz CT molecular complexity index is 661. The highest BCUT2D eigenvalue weighted by Crippen LogP contribution is 2.25. The molecule has 3 fully saturated rings. The third kappa shape index (κ3) is 4.34. The number of benzene rings is 1. The van der Waals surface area contributed by atoms with Crippen molar-refractivity contribution in [1.82, 2.24) is 15.1 Å². The van der Waals surface area contributed by atoms with E-state index in [4.69, 9.17) is 0 Å². The first-order valence-electron chi connectivity index (χ1n) is 10.6. The molecule has 3 aliphatic rings. The zero-order chi connectivity index (χ0) is 18.6. The van der Waals surface area contributed by atoms with Crippen LogP contribution in [0.2, 0.25) is 0 Å². The van der Waals surface area contributed by atoms with Crippen molar-refractivity contribution in [2.24, 2.45) is 5.92 Å². The van der Waals surface area contributed by atoms with Crippen molar-refractivity contribution >= 4 is 11.8 Å². The number of carbonyl (C=O) groups excluding carboxylic acids is 2. The second kappa shape index (κ2) is 8.42. The predicted octanol–water partition coefficient (Wildman–Crippen LogP) is 2.46. The SMILES string of the molecule is O=C(c1ccc(C[C@@H]2CCCNC2)cc1)N1CCN(C2CCCC2)C(=O)C1. The van der Waals surface area contributed by atoms with Gasteiger partial charge < -0.3 is 15.1 Å². The van der Waals surface area contributed by atoms with Gasteiger partial charge in [0.05, 0.1) is 0 Å². The minimum Gasteiger partial charge on any atom is -0.336 e. The molecule has 146 valence electrons. The molecule has 0 unspecified atom stereocenters. The van der Waals surface area contributed by atoms with Gasteiger partial charge in [-0.2, -0.15) is 0 Å². The molecule has 1 aliphatic carbocycles. The maximum absolute atomic E-state index is 12.8. The van der Waals surface area contributed by atoms with E-state index in [0.29, 0.717) is 30.6 Å². The van der Waals surface area contributed by atoms with Gasteiger partial charge in [-0.05, 0) is 68.8 Å². The number of piperazine rings is 1. The number of rotatable bonds is 4. The molecule has 2 saturated heterocycles. The zero-order valence-electron chi connectivity index (χ0n) is 16.2. The Morgan fingerprint density at radius 3 is 2.48 bits per heavy atom. The molecule has 5 nitrogen and oxygen atoms in total. The molecule has 27 heavy (non-hydrogen) atoms. The molecule has 2 heterocycles. The van der Waals surface area contributed by atoms with Gasteiger partial charge in [0.2, 0.25) is 5.91 Å². The summed E-state index contributed by atoms with van der Waals surface area (Å²) in [6, 6.07) is 8.43. The lowest BCUT2D eigenvalue weighted by Crippen LogP contribution is -2.54. The van der Waals surface area contributed by atoms with Crippen molar-refractivity contribution in [3.8, 4) is 0 Å². The van der Waals surface area contributed by atoms with Gasteiger partial charge >= 0.3 is 0 Å². The Morgan fingerprint density at radius 1 is 1.04 bits per heavy atom. The van der Waals surface area contributed by atoms with Gasteiger partial charge in [0.15, 0.2) is 0 Å². The van der Waals surface area contributed by atoms with E-state index < -0.39 is 0 Å². The fraction of sp³-hybridized carbons (Fsp3) is 0.636. The van der Waals surface area contributed by atoms with Crippen LogP contribution in [0.1, 0.15) is 54.4 Å². The Kier molecular flexibility index (Phi) is 5.77. The van der Waals surface area contributed by atoms with E-state index >= 15 is 0 Å². The van der Waals surface area contributed by atoms with E-state index in [1.807, 2.05) is 17.0 Å². The second-order valence-electron chi connectivity index (χ2n) is 8.37. The third-order valence-electron chi connectivity index (χ3n) is 6.43. The number of hydrogen-bond donors (Lipinski definition) is 1. The lowest BCUT2D eigenvalue weighted by Gasteiger charge is -2.37. The summed E-state index contributed by atoms with van der Waals surface area (Å²) in [7, 11) is 0. The molecule has 5 heteroatoms. The topological polar surface area (TPSA) is 52.7 Å². The van der Waals surface area contributed by atoms with Crippen molar-refractivity contribution in [1.29, 1.82) is 0 Å². The number of nitrogens with one attached hydrogen (secondary N) is 1. The first-order chi connectivity index (χ1) is 13.2. The summed E-state index contributed by atoms with van der Waals surface area (Å²) >= 11 is 0. The number of hydrogen-bond acceptors (Lipinski definition) is 3. The highest BCUT2D eigenvalue weighted by molar-refractivity contribution is 5.97. The molecule has 0 bridgehead atoms. The maximum atomic E-state index is 12.8. The van der Waals surface area contributed by atoms with E-state index in [9.17, 15) is 9.59 Å². The van der Waals surface area contributed by atoms with E-state index in [1.165, 1.54) is 31.2 Å². The van der Waals surface area contributed by atoms with E-state index in [0.717, 1.165) is 32.4 Å². The molecule has 1 N–H and O–H groups in total. The van der Waals surface area contributed by atoms with Crippen LogP contribution in [0.5, 0.6) is 0 Å². The molecule has 2 amide bonds. The van der Waals surface area contributed by atoms with Crippen LogP contribution in [0.25, 0.3) is 0 Å². The number of carbonyl (C=O) groups is 2. The van der Waals surface area contributed by atoms with E-state index in [2.05, 4.69) is 17.4 Å². The Hall–Kier alpha value is -1.88. The summed E-state index contributed by atoms with van der Waals surface area (Å²) in [5.74, 6) is 0.796. The van der Waals surface area contributed by atoms with Gasteiger partial charge in [-0.25, -0.2) is 0 Å². The highest BCUT2D eigenvalue weighted by Gasteiger charge is 2.33. The van der Waals surface area contributed by atoms with Crippen molar-refractivity contribution in [3.63, 3.8) is 0 Å². The first kappa shape index (κ1) is 18.5. The van der Waals surface area contributed by atoms with Gasteiger partial charge in [0, 0.05) is 24.7 Å². The molecule has 4 rings (SSSR count). The maximum Gasteiger partial charge on any atom is 0.254 e. The van der Waals surface area contributed by atoms with Crippen molar-refractivity contribution in [2.45, 2.75) is 51.0 Å². The summed E-state index contributed by atoms with van der Waals surface area (Å²) in [5, 5.41) is 3.46. The molecular formula is C22H31N3O2. The molecule has 0 radical (unpaired) electrons. The smallest absolute Gasteiger partial charge is 0.254 e. The molecular weight excluding hydrogens is 338 g/mol. The quantitative estimate of drug-likeness (QED) is 0.887. The average molecular weight is 370 g/mol. The van der Waals surface area contributed by atoms with E-state index in [1.54, 1.807) is 4.90 Å². The van der Waals surface area contributed by atoms with Crippen LogP contribution in [0, 0.1) is 5.92 Å². The Balaban J connectivity index is 1.33. The van der Waals surface area contributed by atoms with Gasteiger partial charge in [-0.15, -0.1) is 0 Å². The summed E-state index contributed by atoms with van der Waals surface area (Å²) in [4.78, 5) is 29.1. The summed E-state index contributed by atoms with van der Waals surface area (Å²) in [5.41, 5.74) is 1.99. The minimum atomic E-state index is -0.0136. The fourth-order valence-corrected chi connectivity index (χ4v) is 4.86. The van der Waals surface area contributed by atoms with Crippen molar-refractivity contribution in [3.05, 3.63) is 35.4 Å². The van der Waals surface area contributed by atoms with Crippen LogP contribution < -0.4 is 5.32 Å². The number of piperidine rings is 1. The molecule has 1 aromatic carbocycles. The van der Waals surface area contributed by atoms with Crippen LogP contribution in [0.15, 0.2) is 24.3 Å². The van der Waals surface area contributed by atoms with Gasteiger partial charge in [-0.1, -0.05) is 25.0 Å². The molecule has 0 spiro atoms. The van der Waals surface area contributed by atoms with Crippen molar-refractivity contribution < 1.29 is 9.59 Å². The average Bonchev–Trinajstić information content (AvgIpc) is 3.23. The largest absolute Gasteiger partial charge is 0.336 e. The van der Waals surface area contributed by atoms with E-state index in [-0.39, 0.29) is 18.4 Å². The van der Waals surface area contributed by atoms with Crippen LogP contribution in [0.4, 0.5) is 0 Å². The first-order valence-corrected chi connectivity index (χ1v) is 10.6. The molecule has 0 aromatic heterocycles. The zero-order valence-corrected chi connectivity index (χ0v) is 16.2. The Morgan fingerprint density at radius 2 is 1.81 bits per heavy atom. The van der Waals surface area contributed by atoms with Crippen LogP contribution >= 0.6 is 0 Å². The minimum absolute atomic E-state index is 0.0136. The van der Waals surface area contributed by atoms with Crippen LogP contribution in [-0.4, -0.2) is 60.4 Å². The summed E-state index contributed by atoms with van der Waals surface area (Å²) in [6.07, 6.45) is 8.29. The fourth-order valence-electron chi connectivity index (χ4n) is 4.86.